The number of fused-ring (bicyclic) bond motifs is 1. The van der Waals surface area contributed by atoms with E-state index in [4.69, 9.17) is 0 Å². The Morgan fingerprint density at radius 2 is 1.93 bits per heavy atom. The largest absolute Gasteiger partial charge is 0.309 e. The Bertz CT molecular complexity index is 1040. The van der Waals surface area contributed by atoms with Gasteiger partial charge in [0.05, 0.1) is 20.7 Å². The predicted molar refractivity (Wildman–Crippen MR) is 127 cm³/mol. The Balaban J connectivity index is 0.00000320. The van der Waals surface area contributed by atoms with Gasteiger partial charge in [-0.05, 0) is 51.5 Å². The Hall–Kier alpha value is -2.20. The summed E-state index contributed by atoms with van der Waals surface area (Å²) in [5.41, 5.74) is 1.31. The third-order valence-electron chi connectivity index (χ3n) is 4.37. The minimum absolute atomic E-state index is 0. The number of rotatable bonds is 8. The van der Waals surface area contributed by atoms with Gasteiger partial charge in [0.2, 0.25) is 0 Å². The van der Waals surface area contributed by atoms with Gasteiger partial charge in [-0.25, -0.2) is 4.98 Å². The summed E-state index contributed by atoms with van der Waals surface area (Å²) in [6, 6.07) is 12.1. The fourth-order valence-electron chi connectivity index (χ4n) is 2.93. The highest BCUT2D eigenvalue weighted by Crippen LogP contribution is 2.33. The molecular weight excluding hydrogens is 444 g/mol. The van der Waals surface area contributed by atoms with Crippen LogP contribution in [0.5, 0.6) is 0 Å². The van der Waals surface area contributed by atoms with Gasteiger partial charge >= 0.3 is 0 Å². The van der Waals surface area contributed by atoms with Crippen LogP contribution in [0.25, 0.3) is 10.2 Å². The van der Waals surface area contributed by atoms with Crippen molar-refractivity contribution >= 4 is 62.4 Å². The minimum atomic E-state index is -0.423. The molecule has 3 rings (SSSR count). The molecule has 1 amide bonds. The van der Waals surface area contributed by atoms with E-state index < -0.39 is 4.92 Å². The summed E-state index contributed by atoms with van der Waals surface area (Å²) in [5.74, 6) is -0.109. The molecule has 7 nitrogen and oxygen atoms in total. The van der Waals surface area contributed by atoms with Crippen LogP contribution in [0.1, 0.15) is 16.8 Å². The number of carbonyl (C=O) groups excluding carboxylic acids is 1. The molecule has 10 heteroatoms. The number of hydrogen-bond acceptors (Lipinski definition) is 7. The summed E-state index contributed by atoms with van der Waals surface area (Å²) in [5, 5.41) is 11.6. The van der Waals surface area contributed by atoms with Crippen molar-refractivity contribution in [2.45, 2.75) is 11.3 Å². The summed E-state index contributed by atoms with van der Waals surface area (Å²) < 4.78 is 0.692. The van der Waals surface area contributed by atoms with Gasteiger partial charge in [-0.15, -0.1) is 24.2 Å². The molecule has 1 aromatic heterocycles. The van der Waals surface area contributed by atoms with Gasteiger partial charge in [-0.3, -0.25) is 19.8 Å². The molecule has 0 unspecified atom stereocenters. The lowest BCUT2D eigenvalue weighted by Crippen LogP contribution is -2.33. The maximum atomic E-state index is 13.4. The predicted octanol–water partition coefficient (Wildman–Crippen LogP) is 4.95. The number of aromatic nitrogens is 1. The van der Waals surface area contributed by atoms with Crippen molar-refractivity contribution in [2.75, 3.05) is 38.3 Å². The van der Waals surface area contributed by atoms with Crippen LogP contribution in [0.4, 0.5) is 10.8 Å². The lowest BCUT2D eigenvalue weighted by atomic mass is 10.2. The Morgan fingerprint density at radius 3 is 2.60 bits per heavy atom. The second-order valence-corrected chi connectivity index (χ2v) is 8.58. The molecule has 0 saturated heterocycles. The van der Waals surface area contributed by atoms with E-state index in [0.717, 1.165) is 17.9 Å². The maximum Gasteiger partial charge on any atom is 0.270 e. The first-order valence-corrected chi connectivity index (χ1v) is 11.1. The Kier molecular flexibility index (Phi) is 8.60. The van der Waals surface area contributed by atoms with Crippen molar-refractivity contribution in [3.05, 3.63) is 58.1 Å². The number of amides is 1. The van der Waals surface area contributed by atoms with Crippen LogP contribution in [0, 0.1) is 10.1 Å². The maximum absolute atomic E-state index is 13.4. The molecule has 0 spiro atoms. The average molecular weight is 467 g/mol. The van der Waals surface area contributed by atoms with Crippen LogP contribution in [0.2, 0.25) is 0 Å². The number of anilines is 1. The molecule has 30 heavy (non-hydrogen) atoms. The molecule has 0 aliphatic rings. The highest BCUT2D eigenvalue weighted by molar-refractivity contribution is 7.98. The van der Waals surface area contributed by atoms with Gasteiger partial charge in [0.1, 0.15) is 0 Å². The van der Waals surface area contributed by atoms with Crippen LogP contribution in [-0.2, 0) is 0 Å². The SMILES string of the molecule is CSc1ccccc1C(=O)N(CCCN(C)C)c1nc2ccc([N+](=O)[O-])cc2s1.Cl. The number of thioether (sulfide) groups is 1. The molecule has 0 N–H and O–H groups in total. The molecular formula is C20H23ClN4O3S2. The number of hydrogen-bond donors (Lipinski definition) is 0. The van der Waals surface area contributed by atoms with E-state index in [1.54, 1.807) is 11.0 Å². The molecule has 1 heterocycles. The smallest absolute Gasteiger partial charge is 0.270 e. The summed E-state index contributed by atoms with van der Waals surface area (Å²) in [6.07, 6.45) is 2.73. The number of halogens is 1. The number of non-ortho nitro benzene ring substituents is 1. The zero-order valence-electron chi connectivity index (χ0n) is 16.9. The monoisotopic (exact) mass is 466 g/mol. The Morgan fingerprint density at radius 1 is 1.20 bits per heavy atom. The zero-order chi connectivity index (χ0) is 21.0. The van der Waals surface area contributed by atoms with Crippen molar-refractivity contribution < 1.29 is 9.72 Å². The van der Waals surface area contributed by atoms with Gasteiger partial charge in [-0.2, -0.15) is 0 Å². The molecule has 2 aromatic carbocycles. The first kappa shape index (κ1) is 24.1. The molecule has 0 aliphatic heterocycles. The molecule has 0 atom stereocenters. The lowest BCUT2D eigenvalue weighted by Gasteiger charge is -2.22. The van der Waals surface area contributed by atoms with Crippen molar-refractivity contribution in [3.63, 3.8) is 0 Å². The molecule has 0 radical (unpaired) electrons. The first-order valence-electron chi connectivity index (χ1n) is 9.05. The first-order chi connectivity index (χ1) is 13.9. The third-order valence-corrected chi connectivity index (χ3v) is 6.21. The second-order valence-electron chi connectivity index (χ2n) is 6.72. The topological polar surface area (TPSA) is 79.6 Å². The van der Waals surface area contributed by atoms with Crippen LogP contribution in [0.15, 0.2) is 47.4 Å². The summed E-state index contributed by atoms with van der Waals surface area (Å²) >= 11 is 2.83. The van der Waals surface area contributed by atoms with Crippen LogP contribution < -0.4 is 4.90 Å². The van der Waals surface area contributed by atoms with Gasteiger partial charge in [-0.1, -0.05) is 23.5 Å². The molecule has 0 bridgehead atoms. The molecule has 0 saturated carbocycles. The highest BCUT2D eigenvalue weighted by atomic mass is 35.5. The summed E-state index contributed by atoms with van der Waals surface area (Å²) in [4.78, 5) is 33.3. The van der Waals surface area contributed by atoms with E-state index in [0.29, 0.717) is 27.5 Å². The van der Waals surface area contributed by atoms with E-state index in [2.05, 4.69) is 9.88 Å². The number of benzene rings is 2. The standard InChI is InChI=1S/C20H22N4O3S2.ClH/c1-22(2)11-6-12-23(19(25)15-7-4-5-8-17(15)28-3)20-21-16-10-9-14(24(26)27)13-18(16)29-20;/h4-5,7-10,13H,6,11-12H2,1-3H3;1H. The van der Waals surface area contributed by atoms with Crippen molar-refractivity contribution in [1.82, 2.24) is 9.88 Å². The van der Waals surface area contributed by atoms with E-state index in [-0.39, 0.29) is 24.0 Å². The lowest BCUT2D eigenvalue weighted by molar-refractivity contribution is -0.384. The normalized spacial score (nSPS) is 10.8. The molecule has 0 aliphatic carbocycles. The van der Waals surface area contributed by atoms with Gasteiger partial charge in [0.15, 0.2) is 5.13 Å². The van der Waals surface area contributed by atoms with Crippen molar-refractivity contribution in [2.24, 2.45) is 0 Å². The fraction of sp³-hybridized carbons (Fsp3) is 0.300. The van der Waals surface area contributed by atoms with E-state index in [1.165, 1.54) is 35.2 Å². The number of nitro benzene ring substituents is 1. The zero-order valence-corrected chi connectivity index (χ0v) is 19.4. The van der Waals surface area contributed by atoms with Crippen LogP contribution in [0.3, 0.4) is 0 Å². The molecule has 0 fully saturated rings. The highest BCUT2D eigenvalue weighted by Gasteiger charge is 2.23. The number of nitrogens with zero attached hydrogens (tertiary/aromatic N) is 4. The van der Waals surface area contributed by atoms with Crippen molar-refractivity contribution in [1.29, 1.82) is 0 Å². The fourth-order valence-corrected chi connectivity index (χ4v) is 4.54. The third kappa shape index (κ3) is 5.48. The molecule has 3 aromatic rings. The number of thiazole rings is 1. The average Bonchev–Trinajstić information content (AvgIpc) is 3.13. The number of carbonyl (C=O) groups is 1. The second kappa shape index (κ2) is 10.7. The van der Waals surface area contributed by atoms with Gasteiger partial charge in [0, 0.05) is 23.6 Å². The quantitative estimate of drug-likeness (QED) is 0.265. The van der Waals surface area contributed by atoms with E-state index in [9.17, 15) is 14.9 Å². The van der Waals surface area contributed by atoms with E-state index in [1.807, 2.05) is 44.6 Å². The van der Waals surface area contributed by atoms with E-state index >= 15 is 0 Å². The molecule has 160 valence electrons. The van der Waals surface area contributed by atoms with Crippen LogP contribution in [-0.4, -0.2) is 54.2 Å². The minimum Gasteiger partial charge on any atom is -0.309 e. The van der Waals surface area contributed by atoms with Crippen molar-refractivity contribution in [3.8, 4) is 0 Å². The summed E-state index contributed by atoms with van der Waals surface area (Å²) in [7, 11) is 3.98. The Labute approximate surface area is 189 Å². The summed E-state index contributed by atoms with van der Waals surface area (Å²) in [6.45, 7) is 1.35. The van der Waals surface area contributed by atoms with Gasteiger partial charge in [0.25, 0.3) is 11.6 Å². The van der Waals surface area contributed by atoms with Crippen LogP contribution >= 0.6 is 35.5 Å². The van der Waals surface area contributed by atoms with Gasteiger partial charge < -0.3 is 4.90 Å². The number of nitro groups is 1.